The third-order valence-corrected chi connectivity index (χ3v) is 3.50. The number of imidazole rings is 1. The van der Waals surface area contributed by atoms with Gasteiger partial charge in [0.25, 0.3) is 0 Å². The highest BCUT2D eigenvalue weighted by atomic mass is 79.9. The second kappa shape index (κ2) is 7.03. The molecule has 0 aliphatic heterocycles. The number of carbonyl (C=O) groups excluding carboxylic acids is 1. The summed E-state index contributed by atoms with van der Waals surface area (Å²) in [6.07, 6.45) is 2.77. The van der Waals surface area contributed by atoms with Gasteiger partial charge < -0.3 is 9.84 Å². The van der Waals surface area contributed by atoms with Crippen molar-refractivity contribution in [3.05, 3.63) is 46.7 Å². The number of benzene rings is 1. The molecule has 1 aromatic heterocycles. The maximum absolute atomic E-state index is 11.5. The number of hydrogen-bond acceptors (Lipinski definition) is 4. The largest absolute Gasteiger partial charge is 0.481 e. The Morgan fingerprint density at radius 2 is 2.05 bits per heavy atom. The number of carboxylic acids is 1. The van der Waals surface area contributed by atoms with Crippen LogP contribution in [0.4, 0.5) is 0 Å². The van der Waals surface area contributed by atoms with Gasteiger partial charge in [0.2, 0.25) is 0 Å². The highest BCUT2D eigenvalue weighted by molar-refractivity contribution is 9.10. The minimum Gasteiger partial charge on any atom is -0.481 e. The molecule has 2 aromatic rings. The van der Waals surface area contributed by atoms with Crippen LogP contribution in [0.5, 0.6) is 6.01 Å². The lowest BCUT2D eigenvalue weighted by molar-refractivity contribution is -0.142. The fourth-order valence-corrected chi connectivity index (χ4v) is 2.10. The molecule has 0 saturated carbocycles. The Morgan fingerprint density at radius 3 is 2.76 bits per heavy atom. The van der Waals surface area contributed by atoms with Crippen LogP contribution in [0.2, 0.25) is 0 Å². The molecular weight excluding hydrogens is 340 g/mol. The van der Waals surface area contributed by atoms with E-state index in [9.17, 15) is 9.59 Å². The zero-order valence-corrected chi connectivity index (χ0v) is 12.6. The van der Waals surface area contributed by atoms with Gasteiger partial charge in [0.1, 0.15) is 0 Å². The van der Waals surface area contributed by atoms with Crippen molar-refractivity contribution >= 4 is 27.9 Å². The average Bonchev–Trinajstić information content (AvgIpc) is 2.86. The van der Waals surface area contributed by atoms with E-state index in [4.69, 9.17) is 9.84 Å². The van der Waals surface area contributed by atoms with Gasteiger partial charge in [0.15, 0.2) is 0 Å². The molecule has 0 aliphatic rings. The molecule has 0 spiro atoms. The van der Waals surface area contributed by atoms with Crippen LogP contribution in [-0.4, -0.2) is 26.6 Å². The first-order valence-corrected chi connectivity index (χ1v) is 7.02. The fourth-order valence-electron chi connectivity index (χ4n) is 1.69. The van der Waals surface area contributed by atoms with Gasteiger partial charge in [-0.3, -0.25) is 14.2 Å². The van der Waals surface area contributed by atoms with Crippen LogP contribution in [0.3, 0.4) is 0 Å². The Hall–Kier alpha value is -2.15. The normalized spacial score (nSPS) is 10.3. The standard InChI is InChI=1S/C14H13BrN2O4/c15-11-4-2-1-3-10(11)9-17-8-7-16-14(17)21-13(20)6-5-12(18)19/h1-4,7-8H,5-6,9H2,(H,18,19). The molecule has 2 rings (SSSR count). The van der Waals surface area contributed by atoms with Crippen molar-refractivity contribution in [2.45, 2.75) is 19.4 Å². The second-order valence-corrected chi connectivity index (χ2v) is 5.15. The Labute approximate surface area is 129 Å². The van der Waals surface area contributed by atoms with E-state index < -0.39 is 11.9 Å². The zero-order chi connectivity index (χ0) is 15.2. The lowest BCUT2D eigenvalue weighted by Gasteiger charge is -2.09. The molecule has 6 nitrogen and oxygen atoms in total. The van der Waals surface area contributed by atoms with Crippen molar-refractivity contribution in [2.24, 2.45) is 0 Å². The number of carboxylic acid groups (broad SMARTS) is 1. The SMILES string of the molecule is O=C(O)CCC(=O)Oc1nccn1Cc1ccccc1Br. The average molecular weight is 353 g/mol. The van der Waals surface area contributed by atoms with Crippen LogP contribution in [0, 0.1) is 0 Å². The highest BCUT2D eigenvalue weighted by Crippen LogP contribution is 2.19. The summed E-state index contributed by atoms with van der Waals surface area (Å²) < 4.78 is 7.71. The first-order valence-electron chi connectivity index (χ1n) is 6.23. The van der Waals surface area contributed by atoms with Crippen LogP contribution in [0.15, 0.2) is 41.1 Å². The highest BCUT2D eigenvalue weighted by Gasteiger charge is 2.12. The van der Waals surface area contributed by atoms with Crippen molar-refractivity contribution in [2.75, 3.05) is 0 Å². The van der Waals surface area contributed by atoms with E-state index in [2.05, 4.69) is 20.9 Å². The third kappa shape index (κ3) is 4.42. The van der Waals surface area contributed by atoms with Gasteiger partial charge in [-0.1, -0.05) is 34.1 Å². The maximum atomic E-state index is 11.5. The van der Waals surface area contributed by atoms with E-state index in [1.165, 1.54) is 6.20 Å². The summed E-state index contributed by atoms with van der Waals surface area (Å²) in [6.45, 7) is 0.489. The Morgan fingerprint density at radius 1 is 1.29 bits per heavy atom. The lowest BCUT2D eigenvalue weighted by Crippen LogP contribution is -2.14. The minimum absolute atomic E-state index is 0.154. The van der Waals surface area contributed by atoms with E-state index in [1.54, 1.807) is 10.8 Å². The molecule has 7 heteroatoms. The Kier molecular flexibility index (Phi) is 5.10. The number of rotatable bonds is 6. The first kappa shape index (κ1) is 15.2. The molecule has 110 valence electrons. The van der Waals surface area contributed by atoms with Crippen molar-refractivity contribution < 1.29 is 19.4 Å². The van der Waals surface area contributed by atoms with Crippen LogP contribution in [0.1, 0.15) is 18.4 Å². The van der Waals surface area contributed by atoms with E-state index in [0.29, 0.717) is 6.54 Å². The molecule has 0 amide bonds. The topological polar surface area (TPSA) is 81.4 Å². The van der Waals surface area contributed by atoms with Crippen LogP contribution < -0.4 is 4.74 Å². The van der Waals surface area contributed by atoms with Gasteiger partial charge in [-0.05, 0) is 11.6 Å². The first-order chi connectivity index (χ1) is 10.1. The molecule has 1 heterocycles. The summed E-state index contributed by atoms with van der Waals surface area (Å²) in [4.78, 5) is 25.9. The second-order valence-electron chi connectivity index (χ2n) is 4.30. The summed E-state index contributed by atoms with van der Waals surface area (Å²) in [5.74, 6) is -1.65. The summed E-state index contributed by atoms with van der Waals surface area (Å²) in [7, 11) is 0. The number of hydrogen-bond donors (Lipinski definition) is 1. The fraction of sp³-hybridized carbons (Fsp3) is 0.214. The number of aromatic nitrogens is 2. The Balaban J connectivity index is 2.03. The molecule has 0 radical (unpaired) electrons. The molecule has 0 saturated heterocycles. The molecule has 0 fully saturated rings. The summed E-state index contributed by atoms with van der Waals surface area (Å²) >= 11 is 3.45. The number of esters is 1. The van der Waals surface area contributed by atoms with Gasteiger partial charge in [-0.15, -0.1) is 0 Å². The molecule has 1 aromatic carbocycles. The Bertz CT molecular complexity index is 654. The quantitative estimate of drug-likeness (QED) is 0.807. The predicted octanol–water partition coefficient (Wildman–Crippen LogP) is 2.46. The van der Waals surface area contributed by atoms with Crippen molar-refractivity contribution in [1.82, 2.24) is 9.55 Å². The van der Waals surface area contributed by atoms with E-state index in [1.807, 2.05) is 24.3 Å². The summed E-state index contributed by atoms with van der Waals surface area (Å²) in [6, 6.07) is 7.84. The number of carbonyl (C=O) groups is 2. The van der Waals surface area contributed by atoms with Crippen molar-refractivity contribution in [1.29, 1.82) is 0 Å². The summed E-state index contributed by atoms with van der Waals surface area (Å²) in [5, 5.41) is 8.53. The number of ether oxygens (including phenoxy) is 1. The van der Waals surface area contributed by atoms with E-state index in [-0.39, 0.29) is 18.9 Å². The zero-order valence-electron chi connectivity index (χ0n) is 11.0. The van der Waals surface area contributed by atoms with Crippen LogP contribution in [-0.2, 0) is 16.1 Å². The summed E-state index contributed by atoms with van der Waals surface area (Å²) in [5.41, 5.74) is 1.01. The minimum atomic E-state index is -1.04. The van der Waals surface area contributed by atoms with Gasteiger partial charge in [-0.25, -0.2) is 4.98 Å². The molecule has 1 N–H and O–H groups in total. The maximum Gasteiger partial charge on any atom is 0.314 e. The smallest absolute Gasteiger partial charge is 0.314 e. The third-order valence-electron chi connectivity index (χ3n) is 2.72. The van der Waals surface area contributed by atoms with Gasteiger partial charge >= 0.3 is 17.9 Å². The van der Waals surface area contributed by atoms with Gasteiger partial charge in [0, 0.05) is 16.9 Å². The van der Waals surface area contributed by atoms with Gasteiger partial charge in [-0.2, -0.15) is 0 Å². The number of nitrogens with zero attached hydrogens (tertiary/aromatic N) is 2. The number of aliphatic carboxylic acids is 1. The van der Waals surface area contributed by atoms with Crippen LogP contribution >= 0.6 is 15.9 Å². The molecule has 0 atom stereocenters. The van der Waals surface area contributed by atoms with E-state index in [0.717, 1.165) is 10.0 Å². The van der Waals surface area contributed by atoms with E-state index >= 15 is 0 Å². The monoisotopic (exact) mass is 352 g/mol. The molecule has 21 heavy (non-hydrogen) atoms. The molecule has 0 bridgehead atoms. The molecular formula is C14H13BrN2O4. The van der Waals surface area contributed by atoms with Crippen molar-refractivity contribution in [3.8, 4) is 6.01 Å². The lowest BCUT2D eigenvalue weighted by atomic mass is 10.2. The molecule has 0 aliphatic carbocycles. The van der Waals surface area contributed by atoms with Crippen molar-refractivity contribution in [3.63, 3.8) is 0 Å². The molecule has 0 unspecified atom stereocenters. The van der Waals surface area contributed by atoms with Gasteiger partial charge in [0.05, 0.1) is 19.4 Å². The van der Waals surface area contributed by atoms with Crippen LogP contribution in [0.25, 0.3) is 0 Å². The number of halogens is 1. The predicted molar refractivity (Wildman–Crippen MR) is 78.0 cm³/mol.